The Labute approximate surface area is 137 Å². The van der Waals surface area contributed by atoms with E-state index in [1.165, 1.54) is 6.42 Å². The molecule has 0 amide bonds. The van der Waals surface area contributed by atoms with E-state index in [1.54, 1.807) is 12.3 Å². The first-order valence-electron chi connectivity index (χ1n) is 8.10. The molecule has 23 heavy (non-hydrogen) atoms. The molecular weight excluding hydrogens is 290 g/mol. The summed E-state index contributed by atoms with van der Waals surface area (Å²) in [7, 11) is 2.02. The van der Waals surface area contributed by atoms with Gasteiger partial charge < -0.3 is 14.4 Å². The van der Waals surface area contributed by atoms with E-state index < -0.39 is 0 Å². The average Bonchev–Trinajstić information content (AvgIpc) is 2.62. The van der Waals surface area contributed by atoms with Crippen molar-refractivity contribution in [2.24, 2.45) is 5.92 Å². The molecule has 1 saturated heterocycles. The lowest BCUT2D eigenvalue weighted by Gasteiger charge is -2.27. The summed E-state index contributed by atoms with van der Waals surface area (Å²) >= 11 is 0. The van der Waals surface area contributed by atoms with Crippen LogP contribution in [0.4, 0.5) is 5.95 Å². The third kappa shape index (κ3) is 4.66. The minimum Gasteiger partial charge on any atom is -0.473 e. The van der Waals surface area contributed by atoms with Gasteiger partial charge in [0.05, 0.1) is 6.61 Å². The molecule has 0 radical (unpaired) electrons. The molecular formula is C18H23N3O2. The summed E-state index contributed by atoms with van der Waals surface area (Å²) in [6, 6.07) is 11.9. The van der Waals surface area contributed by atoms with Gasteiger partial charge >= 0.3 is 0 Å². The van der Waals surface area contributed by atoms with Gasteiger partial charge in [0.15, 0.2) is 0 Å². The van der Waals surface area contributed by atoms with Gasteiger partial charge in [-0.15, -0.1) is 0 Å². The van der Waals surface area contributed by atoms with Crippen molar-refractivity contribution >= 4 is 5.95 Å². The highest BCUT2D eigenvalue weighted by Crippen LogP contribution is 2.18. The van der Waals surface area contributed by atoms with E-state index in [4.69, 9.17) is 9.47 Å². The lowest BCUT2D eigenvalue weighted by atomic mass is 10.0. The minimum atomic E-state index is 0.511. The van der Waals surface area contributed by atoms with Crippen LogP contribution in [0.3, 0.4) is 0 Å². The second-order valence-electron chi connectivity index (χ2n) is 5.93. The van der Waals surface area contributed by atoms with E-state index in [9.17, 15) is 0 Å². The number of hydrogen-bond acceptors (Lipinski definition) is 5. The monoisotopic (exact) mass is 313 g/mol. The summed E-state index contributed by atoms with van der Waals surface area (Å²) in [5, 5.41) is 0. The van der Waals surface area contributed by atoms with Gasteiger partial charge in [0.1, 0.15) is 6.61 Å². The van der Waals surface area contributed by atoms with Crippen LogP contribution in [-0.4, -0.2) is 36.8 Å². The number of anilines is 1. The molecule has 0 spiro atoms. The highest BCUT2D eigenvalue weighted by Gasteiger charge is 2.17. The molecule has 0 bridgehead atoms. The Hall–Kier alpha value is -2.14. The molecule has 1 atom stereocenters. The number of hydrogen-bond donors (Lipinski definition) is 0. The Balaban J connectivity index is 1.57. The first kappa shape index (κ1) is 15.7. The van der Waals surface area contributed by atoms with Gasteiger partial charge in [-0.05, 0) is 24.3 Å². The molecule has 2 heterocycles. The molecule has 2 aromatic rings. The fraction of sp³-hybridized carbons (Fsp3) is 0.444. The van der Waals surface area contributed by atoms with Crippen LogP contribution in [-0.2, 0) is 11.3 Å². The van der Waals surface area contributed by atoms with Crippen LogP contribution in [0.25, 0.3) is 0 Å². The zero-order chi connectivity index (χ0) is 15.9. The fourth-order valence-corrected chi connectivity index (χ4v) is 2.75. The largest absolute Gasteiger partial charge is 0.473 e. The Bertz CT molecular complexity index is 600. The van der Waals surface area contributed by atoms with Gasteiger partial charge in [-0.25, -0.2) is 4.98 Å². The van der Waals surface area contributed by atoms with Gasteiger partial charge in [0.2, 0.25) is 11.8 Å². The number of nitrogens with zero attached hydrogens (tertiary/aromatic N) is 3. The summed E-state index contributed by atoms with van der Waals surface area (Å²) in [6.45, 7) is 3.13. The fourth-order valence-electron chi connectivity index (χ4n) is 2.75. The molecule has 3 rings (SSSR count). The number of benzene rings is 1. The molecule has 0 saturated carbocycles. The summed E-state index contributed by atoms with van der Waals surface area (Å²) in [5.74, 6) is 1.85. The van der Waals surface area contributed by atoms with Gasteiger partial charge in [-0.1, -0.05) is 30.3 Å². The van der Waals surface area contributed by atoms with Crippen LogP contribution in [0.5, 0.6) is 5.88 Å². The van der Waals surface area contributed by atoms with Crippen molar-refractivity contribution in [1.29, 1.82) is 0 Å². The van der Waals surface area contributed by atoms with E-state index in [1.807, 2.05) is 37.4 Å². The van der Waals surface area contributed by atoms with Crippen molar-refractivity contribution in [1.82, 2.24) is 9.97 Å². The van der Waals surface area contributed by atoms with Crippen LogP contribution in [0, 0.1) is 5.92 Å². The molecule has 1 aliphatic rings. The van der Waals surface area contributed by atoms with E-state index in [0.29, 0.717) is 24.4 Å². The third-order valence-electron chi connectivity index (χ3n) is 3.97. The third-order valence-corrected chi connectivity index (χ3v) is 3.97. The van der Waals surface area contributed by atoms with E-state index in [0.717, 1.165) is 31.7 Å². The second-order valence-corrected chi connectivity index (χ2v) is 5.93. The SMILES string of the molecule is CN(C[C@H]1CCCOC1)c1nccc(OCc2ccccc2)n1. The van der Waals surface area contributed by atoms with Crippen LogP contribution >= 0.6 is 0 Å². The summed E-state index contributed by atoms with van der Waals surface area (Å²) < 4.78 is 11.3. The zero-order valence-electron chi connectivity index (χ0n) is 13.5. The van der Waals surface area contributed by atoms with Gasteiger partial charge in [0, 0.05) is 32.5 Å². The lowest BCUT2D eigenvalue weighted by molar-refractivity contribution is 0.0575. The minimum absolute atomic E-state index is 0.511. The number of aromatic nitrogens is 2. The Morgan fingerprint density at radius 3 is 2.91 bits per heavy atom. The number of rotatable bonds is 6. The first-order valence-corrected chi connectivity index (χ1v) is 8.10. The standard InChI is InChI=1S/C18H23N3O2/c1-21(12-16-8-5-11-22-13-16)18-19-10-9-17(20-18)23-14-15-6-3-2-4-7-15/h2-4,6-7,9-10,16H,5,8,11-14H2,1H3/t16-/m1/s1. The van der Waals surface area contributed by atoms with Crippen molar-refractivity contribution in [3.8, 4) is 5.88 Å². The summed E-state index contributed by atoms with van der Waals surface area (Å²) in [6.07, 6.45) is 4.09. The normalized spacial score (nSPS) is 17.7. The highest BCUT2D eigenvalue weighted by atomic mass is 16.5. The molecule has 0 aliphatic carbocycles. The van der Waals surface area contributed by atoms with Crippen molar-refractivity contribution < 1.29 is 9.47 Å². The Morgan fingerprint density at radius 2 is 2.13 bits per heavy atom. The summed E-state index contributed by atoms with van der Waals surface area (Å²) in [5.41, 5.74) is 1.13. The second kappa shape index (κ2) is 7.92. The van der Waals surface area contributed by atoms with Gasteiger partial charge in [0.25, 0.3) is 0 Å². The van der Waals surface area contributed by atoms with Crippen LogP contribution in [0.1, 0.15) is 18.4 Å². The molecule has 0 unspecified atom stereocenters. The van der Waals surface area contributed by atoms with Crippen molar-refractivity contribution in [2.45, 2.75) is 19.4 Å². The maximum atomic E-state index is 5.77. The van der Waals surface area contributed by atoms with E-state index in [-0.39, 0.29) is 0 Å². The average molecular weight is 313 g/mol. The molecule has 5 nitrogen and oxygen atoms in total. The highest BCUT2D eigenvalue weighted by molar-refractivity contribution is 5.31. The van der Waals surface area contributed by atoms with Gasteiger partial charge in [-0.2, -0.15) is 4.98 Å². The molecule has 1 aromatic carbocycles. The van der Waals surface area contributed by atoms with Crippen molar-refractivity contribution in [2.75, 3.05) is 31.7 Å². The maximum absolute atomic E-state index is 5.77. The predicted octanol–water partition coefficient (Wildman–Crippen LogP) is 2.92. The lowest BCUT2D eigenvalue weighted by Crippen LogP contribution is -2.31. The molecule has 1 aromatic heterocycles. The van der Waals surface area contributed by atoms with E-state index in [2.05, 4.69) is 14.9 Å². The summed E-state index contributed by atoms with van der Waals surface area (Å²) in [4.78, 5) is 10.9. The Kier molecular flexibility index (Phi) is 5.42. The van der Waals surface area contributed by atoms with E-state index >= 15 is 0 Å². The smallest absolute Gasteiger partial charge is 0.228 e. The Morgan fingerprint density at radius 1 is 1.26 bits per heavy atom. The van der Waals surface area contributed by atoms with Crippen molar-refractivity contribution in [3.05, 3.63) is 48.2 Å². The van der Waals surface area contributed by atoms with Crippen LogP contribution < -0.4 is 9.64 Å². The topological polar surface area (TPSA) is 47.5 Å². The molecule has 0 N–H and O–H groups in total. The molecule has 122 valence electrons. The molecule has 1 fully saturated rings. The zero-order valence-corrected chi connectivity index (χ0v) is 13.5. The molecule has 5 heteroatoms. The molecule has 1 aliphatic heterocycles. The quantitative estimate of drug-likeness (QED) is 0.820. The predicted molar refractivity (Wildman–Crippen MR) is 89.6 cm³/mol. The first-order chi connectivity index (χ1) is 11.3. The van der Waals surface area contributed by atoms with Crippen molar-refractivity contribution in [3.63, 3.8) is 0 Å². The van der Waals surface area contributed by atoms with Crippen LogP contribution in [0.2, 0.25) is 0 Å². The maximum Gasteiger partial charge on any atom is 0.228 e. The van der Waals surface area contributed by atoms with Crippen LogP contribution in [0.15, 0.2) is 42.6 Å². The van der Waals surface area contributed by atoms with Gasteiger partial charge in [-0.3, -0.25) is 0 Å². The number of ether oxygens (including phenoxy) is 2.